The first-order valence-corrected chi connectivity index (χ1v) is 11.0. The average molecular weight is 388 g/mol. The van der Waals surface area contributed by atoms with E-state index >= 15 is 0 Å². The van der Waals surface area contributed by atoms with E-state index in [4.69, 9.17) is 4.74 Å². The summed E-state index contributed by atoms with van der Waals surface area (Å²) in [4.78, 5) is 15.2. The molecule has 1 heterocycles. The molecule has 0 spiro atoms. The maximum Gasteiger partial charge on any atom is 0.254 e. The monoisotopic (exact) mass is 387 g/mol. The van der Waals surface area contributed by atoms with E-state index in [2.05, 4.69) is 0 Å². The fraction of sp³-hybridized carbons (Fsp3) is 0.381. The van der Waals surface area contributed by atoms with Gasteiger partial charge >= 0.3 is 0 Å². The fourth-order valence-electron chi connectivity index (χ4n) is 3.34. The van der Waals surface area contributed by atoms with Crippen LogP contribution in [0.2, 0.25) is 0 Å². The van der Waals surface area contributed by atoms with Crippen molar-refractivity contribution in [2.24, 2.45) is 0 Å². The van der Waals surface area contributed by atoms with Crippen LogP contribution in [0, 0.1) is 0 Å². The van der Waals surface area contributed by atoms with Crippen LogP contribution < -0.4 is 0 Å². The molecule has 0 radical (unpaired) electrons. The fourth-order valence-corrected chi connectivity index (χ4v) is 3.98. The van der Waals surface area contributed by atoms with Crippen molar-refractivity contribution in [3.05, 3.63) is 65.7 Å². The number of sulfone groups is 1. The highest BCUT2D eigenvalue weighted by molar-refractivity contribution is 7.90. The molecule has 2 unspecified atom stereocenters. The number of hydrogen-bond donors (Lipinski definition) is 0. The molecular formula is C21H25NO4S. The number of carbonyl (C=O) groups is 1. The number of carbonyl (C=O) groups excluding carboxylic acids is 1. The quantitative estimate of drug-likeness (QED) is 0.761. The average Bonchev–Trinajstić information content (AvgIpc) is 3.18. The predicted octanol–water partition coefficient (Wildman–Crippen LogP) is 3.47. The van der Waals surface area contributed by atoms with Gasteiger partial charge in [0.1, 0.15) is 0 Å². The Morgan fingerprint density at radius 1 is 1.15 bits per heavy atom. The van der Waals surface area contributed by atoms with Gasteiger partial charge in [-0.3, -0.25) is 4.79 Å². The third-order valence-electron chi connectivity index (χ3n) is 4.96. The van der Waals surface area contributed by atoms with Gasteiger partial charge in [0.2, 0.25) is 0 Å². The van der Waals surface area contributed by atoms with Crippen LogP contribution >= 0.6 is 0 Å². The molecule has 1 aliphatic rings. The van der Waals surface area contributed by atoms with Crippen molar-refractivity contribution >= 4 is 15.7 Å². The molecule has 1 saturated heterocycles. The molecule has 6 heteroatoms. The Balaban J connectivity index is 1.87. The first-order chi connectivity index (χ1) is 12.9. The Morgan fingerprint density at radius 3 is 2.37 bits per heavy atom. The standard InChI is InChI=1S/C21H25NO4S/c1-16(17-10-12-20(13-11-17)27(2,24)25)22(15-19-9-6-14-26-19)21(23)18-7-4-3-5-8-18/h3-5,7-8,10-13,16,19H,6,9,14-15H2,1-2H3. The third-order valence-corrected chi connectivity index (χ3v) is 6.09. The summed E-state index contributed by atoms with van der Waals surface area (Å²) in [5.74, 6) is -0.0502. The van der Waals surface area contributed by atoms with E-state index in [1.807, 2.05) is 42.2 Å². The summed E-state index contributed by atoms with van der Waals surface area (Å²) in [5.41, 5.74) is 1.53. The molecule has 5 nitrogen and oxygen atoms in total. The zero-order chi connectivity index (χ0) is 19.4. The molecule has 0 saturated carbocycles. The van der Waals surface area contributed by atoms with E-state index in [9.17, 15) is 13.2 Å². The number of hydrogen-bond acceptors (Lipinski definition) is 4. The van der Waals surface area contributed by atoms with E-state index in [-0.39, 0.29) is 22.9 Å². The highest BCUT2D eigenvalue weighted by atomic mass is 32.2. The number of nitrogens with zero attached hydrogens (tertiary/aromatic N) is 1. The van der Waals surface area contributed by atoms with Crippen molar-refractivity contribution in [3.8, 4) is 0 Å². The number of amides is 1. The molecule has 0 N–H and O–H groups in total. The highest BCUT2D eigenvalue weighted by Gasteiger charge is 2.28. The molecule has 0 aromatic heterocycles. The van der Waals surface area contributed by atoms with E-state index in [1.165, 1.54) is 6.26 Å². The summed E-state index contributed by atoms with van der Waals surface area (Å²) in [6.07, 6.45) is 3.18. The van der Waals surface area contributed by atoms with Crippen molar-refractivity contribution in [2.45, 2.75) is 36.8 Å². The summed E-state index contributed by atoms with van der Waals surface area (Å²) in [5, 5.41) is 0. The minimum absolute atomic E-state index is 0.0374. The van der Waals surface area contributed by atoms with E-state index in [1.54, 1.807) is 24.3 Å². The van der Waals surface area contributed by atoms with Gasteiger partial charge < -0.3 is 9.64 Å². The summed E-state index contributed by atoms with van der Waals surface area (Å²) in [6.45, 7) is 3.21. The minimum Gasteiger partial charge on any atom is -0.376 e. The van der Waals surface area contributed by atoms with Crippen LogP contribution in [0.3, 0.4) is 0 Å². The highest BCUT2D eigenvalue weighted by Crippen LogP contribution is 2.26. The first kappa shape index (κ1) is 19.6. The van der Waals surface area contributed by atoms with Crippen molar-refractivity contribution in [3.63, 3.8) is 0 Å². The SMILES string of the molecule is CC(c1ccc(S(C)(=O)=O)cc1)N(CC1CCCO1)C(=O)c1ccccc1. The second kappa shape index (κ2) is 8.23. The molecule has 1 amide bonds. The lowest BCUT2D eigenvalue weighted by Crippen LogP contribution is -2.39. The summed E-state index contributed by atoms with van der Waals surface area (Å²) >= 11 is 0. The Bertz CT molecular complexity index is 872. The molecule has 27 heavy (non-hydrogen) atoms. The zero-order valence-corrected chi connectivity index (χ0v) is 16.5. The molecule has 0 aliphatic carbocycles. The van der Waals surface area contributed by atoms with Gasteiger partial charge in [-0.1, -0.05) is 30.3 Å². The van der Waals surface area contributed by atoms with Gasteiger partial charge in [0.05, 0.1) is 17.0 Å². The lowest BCUT2D eigenvalue weighted by Gasteiger charge is -2.32. The van der Waals surface area contributed by atoms with Gasteiger partial charge in [-0.15, -0.1) is 0 Å². The number of ether oxygens (including phenoxy) is 1. The van der Waals surface area contributed by atoms with E-state index in [0.717, 1.165) is 25.0 Å². The Kier molecular flexibility index (Phi) is 5.97. The van der Waals surface area contributed by atoms with Gasteiger partial charge in [0.15, 0.2) is 9.84 Å². The molecule has 144 valence electrons. The van der Waals surface area contributed by atoms with E-state index < -0.39 is 9.84 Å². The van der Waals surface area contributed by atoms with Crippen molar-refractivity contribution in [1.29, 1.82) is 0 Å². The molecule has 1 fully saturated rings. The maximum absolute atomic E-state index is 13.1. The van der Waals surface area contributed by atoms with Gasteiger partial charge in [-0.2, -0.15) is 0 Å². The lowest BCUT2D eigenvalue weighted by molar-refractivity contribution is 0.0432. The third kappa shape index (κ3) is 4.76. The van der Waals surface area contributed by atoms with Crippen molar-refractivity contribution in [2.75, 3.05) is 19.4 Å². The molecule has 2 aromatic rings. The van der Waals surface area contributed by atoms with Crippen molar-refractivity contribution < 1.29 is 17.9 Å². The Morgan fingerprint density at radius 2 is 1.81 bits per heavy atom. The van der Waals surface area contributed by atoms with Gasteiger partial charge in [-0.25, -0.2) is 8.42 Å². The first-order valence-electron chi connectivity index (χ1n) is 9.14. The smallest absolute Gasteiger partial charge is 0.254 e. The van der Waals surface area contributed by atoms with Crippen LogP contribution in [0.15, 0.2) is 59.5 Å². The van der Waals surface area contributed by atoms with Crippen LogP contribution in [0.4, 0.5) is 0 Å². The van der Waals surface area contributed by atoms with Gasteiger partial charge in [0, 0.05) is 25.0 Å². The summed E-state index contributed by atoms with van der Waals surface area (Å²) in [7, 11) is -3.24. The molecule has 2 aromatic carbocycles. The summed E-state index contributed by atoms with van der Waals surface area (Å²) < 4.78 is 29.1. The predicted molar refractivity (Wildman–Crippen MR) is 104 cm³/mol. The van der Waals surface area contributed by atoms with E-state index in [0.29, 0.717) is 12.1 Å². The van der Waals surface area contributed by atoms with Crippen LogP contribution in [0.5, 0.6) is 0 Å². The zero-order valence-electron chi connectivity index (χ0n) is 15.7. The molecule has 0 bridgehead atoms. The molecule has 2 atom stereocenters. The Labute approximate surface area is 160 Å². The van der Waals surface area contributed by atoms with Crippen LogP contribution in [0.25, 0.3) is 0 Å². The van der Waals surface area contributed by atoms with Crippen LogP contribution in [-0.2, 0) is 14.6 Å². The number of benzene rings is 2. The largest absolute Gasteiger partial charge is 0.376 e. The van der Waals surface area contributed by atoms with Crippen LogP contribution in [-0.4, -0.2) is 44.7 Å². The second-order valence-corrected chi connectivity index (χ2v) is 8.99. The van der Waals surface area contributed by atoms with Gasteiger partial charge in [-0.05, 0) is 49.6 Å². The number of rotatable bonds is 6. The maximum atomic E-state index is 13.1. The normalized spacial score (nSPS) is 18.2. The topological polar surface area (TPSA) is 63.7 Å². The molecule has 3 rings (SSSR count). The lowest BCUT2D eigenvalue weighted by atomic mass is 10.0. The van der Waals surface area contributed by atoms with Crippen molar-refractivity contribution in [1.82, 2.24) is 4.90 Å². The Hall–Kier alpha value is -2.18. The minimum atomic E-state index is -3.24. The second-order valence-electron chi connectivity index (χ2n) is 6.98. The van der Waals surface area contributed by atoms with Gasteiger partial charge in [0.25, 0.3) is 5.91 Å². The molecular weight excluding hydrogens is 362 g/mol. The molecule has 1 aliphatic heterocycles. The summed E-state index contributed by atoms with van der Waals surface area (Å²) in [6, 6.07) is 15.8. The van der Waals surface area contributed by atoms with Crippen LogP contribution in [0.1, 0.15) is 41.7 Å².